The fourth-order valence-corrected chi connectivity index (χ4v) is 1.79. The van der Waals surface area contributed by atoms with E-state index in [2.05, 4.69) is 21.8 Å². The Bertz CT molecular complexity index is 555. The molecule has 8 heteroatoms. The van der Waals surface area contributed by atoms with Crippen molar-refractivity contribution in [1.29, 1.82) is 0 Å². The SMILES string of the molecule is C=Cc1ncccc1/C=C\C.CC(=O)CCCOP(=O)(O)O.CN. The van der Waals surface area contributed by atoms with Crippen LogP contribution in [-0.2, 0) is 13.9 Å². The van der Waals surface area contributed by atoms with E-state index in [1.165, 1.54) is 14.0 Å². The summed E-state index contributed by atoms with van der Waals surface area (Å²) >= 11 is 0. The summed E-state index contributed by atoms with van der Waals surface area (Å²) in [4.78, 5) is 30.8. The summed E-state index contributed by atoms with van der Waals surface area (Å²) in [5, 5.41) is 0. The van der Waals surface area contributed by atoms with E-state index in [-0.39, 0.29) is 12.4 Å². The van der Waals surface area contributed by atoms with Crippen molar-refractivity contribution >= 4 is 25.8 Å². The van der Waals surface area contributed by atoms with Gasteiger partial charge in [-0.1, -0.05) is 24.8 Å². The van der Waals surface area contributed by atoms with Gasteiger partial charge in [0, 0.05) is 12.6 Å². The maximum absolute atomic E-state index is 10.3. The van der Waals surface area contributed by atoms with Gasteiger partial charge in [0.2, 0.25) is 0 Å². The van der Waals surface area contributed by atoms with Gasteiger partial charge in [-0.2, -0.15) is 0 Å². The first-order valence-electron chi connectivity index (χ1n) is 7.27. The van der Waals surface area contributed by atoms with Crippen LogP contribution in [0.25, 0.3) is 12.2 Å². The molecular formula is C16H27N2O5P. The van der Waals surface area contributed by atoms with Gasteiger partial charge in [0.15, 0.2) is 0 Å². The predicted molar refractivity (Wildman–Crippen MR) is 97.1 cm³/mol. The highest BCUT2D eigenvalue weighted by Crippen LogP contribution is 2.35. The highest BCUT2D eigenvalue weighted by molar-refractivity contribution is 7.46. The number of allylic oxidation sites excluding steroid dienone is 1. The molecule has 0 aliphatic carbocycles. The van der Waals surface area contributed by atoms with E-state index in [4.69, 9.17) is 9.79 Å². The minimum atomic E-state index is -4.34. The molecule has 0 spiro atoms. The van der Waals surface area contributed by atoms with Crippen molar-refractivity contribution in [2.24, 2.45) is 5.73 Å². The second kappa shape index (κ2) is 14.9. The first-order valence-corrected chi connectivity index (χ1v) is 8.80. The molecule has 1 aromatic heterocycles. The topological polar surface area (TPSA) is 123 Å². The zero-order valence-corrected chi connectivity index (χ0v) is 15.3. The van der Waals surface area contributed by atoms with E-state index in [0.717, 1.165) is 11.3 Å². The Morgan fingerprint density at radius 3 is 2.54 bits per heavy atom. The van der Waals surface area contributed by atoms with Crippen molar-refractivity contribution in [2.45, 2.75) is 26.7 Å². The van der Waals surface area contributed by atoms with Crippen LogP contribution >= 0.6 is 7.82 Å². The highest BCUT2D eigenvalue weighted by Gasteiger charge is 2.12. The lowest BCUT2D eigenvalue weighted by atomic mass is 10.2. The van der Waals surface area contributed by atoms with Gasteiger partial charge in [0.1, 0.15) is 5.78 Å². The van der Waals surface area contributed by atoms with Gasteiger partial charge in [-0.3, -0.25) is 9.51 Å². The lowest BCUT2D eigenvalue weighted by molar-refractivity contribution is -0.117. The first kappa shape index (κ1) is 24.6. The van der Waals surface area contributed by atoms with E-state index in [0.29, 0.717) is 12.8 Å². The van der Waals surface area contributed by atoms with Crippen LogP contribution in [0.4, 0.5) is 0 Å². The third kappa shape index (κ3) is 15.3. The molecule has 0 radical (unpaired) electrons. The van der Waals surface area contributed by atoms with Gasteiger partial charge in [-0.15, -0.1) is 0 Å². The molecule has 0 fully saturated rings. The van der Waals surface area contributed by atoms with Crippen LogP contribution in [0, 0.1) is 0 Å². The van der Waals surface area contributed by atoms with Gasteiger partial charge in [0.25, 0.3) is 0 Å². The number of phosphoric acid groups is 1. The molecule has 0 aliphatic rings. The van der Waals surface area contributed by atoms with E-state index in [1.54, 1.807) is 12.3 Å². The average molecular weight is 358 g/mol. The lowest BCUT2D eigenvalue weighted by Gasteiger charge is -2.02. The molecule has 0 atom stereocenters. The molecule has 1 aromatic rings. The van der Waals surface area contributed by atoms with Crippen LogP contribution in [0.15, 0.2) is 31.0 Å². The van der Waals surface area contributed by atoms with Crippen LogP contribution < -0.4 is 5.73 Å². The van der Waals surface area contributed by atoms with E-state index < -0.39 is 7.82 Å². The molecule has 0 amide bonds. The van der Waals surface area contributed by atoms with Crippen molar-refractivity contribution in [3.05, 3.63) is 42.2 Å². The maximum Gasteiger partial charge on any atom is 0.469 e. The molecule has 0 saturated carbocycles. The fraction of sp³-hybridized carbons (Fsp3) is 0.375. The number of Topliss-reactive ketones (excluding diaryl/α,β-unsaturated/α-hetero) is 1. The first-order chi connectivity index (χ1) is 11.3. The molecule has 4 N–H and O–H groups in total. The van der Waals surface area contributed by atoms with E-state index in [1.807, 2.05) is 31.2 Å². The predicted octanol–water partition coefficient (Wildman–Crippen LogP) is 2.80. The average Bonchev–Trinajstić information content (AvgIpc) is 2.54. The number of carbonyl (C=O) groups excluding carboxylic acids is 1. The Hall–Kier alpha value is -1.63. The molecule has 0 aliphatic heterocycles. The number of hydrogen-bond donors (Lipinski definition) is 3. The van der Waals surface area contributed by atoms with Crippen molar-refractivity contribution in [3.8, 4) is 0 Å². The smallest absolute Gasteiger partial charge is 0.333 e. The number of aromatic nitrogens is 1. The van der Waals surface area contributed by atoms with E-state index >= 15 is 0 Å². The van der Waals surface area contributed by atoms with Crippen molar-refractivity contribution < 1.29 is 23.7 Å². The number of nitrogens with two attached hydrogens (primary N) is 1. The Morgan fingerprint density at radius 2 is 2.08 bits per heavy atom. The summed E-state index contributed by atoms with van der Waals surface area (Å²) in [5.74, 6) is -0.0145. The molecule has 0 unspecified atom stereocenters. The summed E-state index contributed by atoms with van der Waals surface area (Å²) in [5.41, 5.74) is 6.55. The molecule has 136 valence electrons. The molecule has 1 heterocycles. The van der Waals surface area contributed by atoms with Gasteiger partial charge >= 0.3 is 7.82 Å². The number of hydrogen-bond acceptors (Lipinski definition) is 5. The fourth-order valence-electron chi connectivity index (χ4n) is 1.43. The Balaban J connectivity index is 0. The molecule has 7 nitrogen and oxygen atoms in total. The summed E-state index contributed by atoms with van der Waals surface area (Å²) in [6.45, 7) is 7.00. The van der Waals surface area contributed by atoms with Crippen LogP contribution in [0.3, 0.4) is 0 Å². The Kier molecular flexibility index (Phi) is 15.3. The van der Waals surface area contributed by atoms with Gasteiger partial charge in [-0.25, -0.2) is 4.57 Å². The minimum Gasteiger partial charge on any atom is -0.333 e. The minimum absolute atomic E-state index is 0.0145. The molecule has 0 bridgehead atoms. The molecule has 24 heavy (non-hydrogen) atoms. The lowest BCUT2D eigenvalue weighted by Crippen LogP contribution is -1.96. The number of phosphoric ester groups is 1. The number of nitrogens with zero attached hydrogens (tertiary/aromatic N) is 1. The molecule has 0 saturated heterocycles. The Morgan fingerprint density at radius 1 is 1.46 bits per heavy atom. The van der Waals surface area contributed by atoms with Gasteiger partial charge < -0.3 is 20.3 Å². The van der Waals surface area contributed by atoms with Gasteiger partial charge in [0.05, 0.1) is 12.3 Å². The molecule has 0 aromatic carbocycles. The normalized spacial score (nSPS) is 10.2. The van der Waals surface area contributed by atoms with Gasteiger partial charge in [-0.05, 0) is 45.0 Å². The summed E-state index contributed by atoms with van der Waals surface area (Å²) < 4.78 is 14.2. The zero-order valence-electron chi connectivity index (χ0n) is 14.4. The molecular weight excluding hydrogens is 331 g/mol. The second-order valence-electron chi connectivity index (χ2n) is 4.31. The monoisotopic (exact) mass is 358 g/mol. The Labute approximate surface area is 143 Å². The van der Waals surface area contributed by atoms with Crippen molar-refractivity contribution in [1.82, 2.24) is 4.98 Å². The highest BCUT2D eigenvalue weighted by atomic mass is 31.2. The number of ketones is 1. The second-order valence-corrected chi connectivity index (χ2v) is 5.55. The number of pyridine rings is 1. The standard InChI is InChI=1S/C10H11N.C5H11O5P.CH5N/c1-3-6-9-7-5-8-11-10(9)4-2;1-5(6)3-2-4-10-11(7,8)9;1-2/h3-8H,2H2,1H3;2-4H2,1H3,(H2,7,8,9);2H2,1H3/b6-3-;;. The number of rotatable bonds is 7. The van der Waals surface area contributed by atoms with Crippen molar-refractivity contribution in [3.63, 3.8) is 0 Å². The van der Waals surface area contributed by atoms with Crippen LogP contribution in [0.1, 0.15) is 37.9 Å². The van der Waals surface area contributed by atoms with Crippen LogP contribution in [0.2, 0.25) is 0 Å². The van der Waals surface area contributed by atoms with Crippen LogP contribution in [-0.4, -0.2) is 34.2 Å². The summed E-state index contributed by atoms with van der Waals surface area (Å²) in [7, 11) is -2.84. The zero-order chi connectivity index (χ0) is 19.0. The van der Waals surface area contributed by atoms with Crippen LogP contribution in [0.5, 0.6) is 0 Å². The van der Waals surface area contributed by atoms with E-state index in [9.17, 15) is 9.36 Å². The van der Waals surface area contributed by atoms with Crippen molar-refractivity contribution in [2.75, 3.05) is 13.7 Å². The largest absolute Gasteiger partial charge is 0.469 e. The summed E-state index contributed by atoms with van der Waals surface area (Å²) in [6, 6.07) is 3.94. The quantitative estimate of drug-likeness (QED) is 0.506. The maximum atomic E-state index is 10.3. The third-order valence-corrected chi connectivity index (χ3v) is 2.86. The summed E-state index contributed by atoms with van der Waals surface area (Å²) in [6.07, 6.45) is 8.17. The molecule has 1 rings (SSSR count). The number of carbonyl (C=O) groups is 1. The third-order valence-electron chi connectivity index (χ3n) is 2.34.